The highest BCUT2D eigenvalue weighted by atomic mass is 16.6. The molecule has 0 radical (unpaired) electrons. The fourth-order valence-corrected chi connectivity index (χ4v) is 1.81. The summed E-state index contributed by atoms with van der Waals surface area (Å²) in [5.74, 6) is 0.174. The maximum absolute atomic E-state index is 11.0. The van der Waals surface area contributed by atoms with Crippen molar-refractivity contribution in [1.82, 2.24) is 0 Å². The maximum Gasteiger partial charge on any atom is 0.303 e. The first-order valence-electron chi connectivity index (χ1n) is 4.94. The molecule has 13 heavy (non-hydrogen) atoms. The molecule has 1 unspecified atom stereocenters. The zero-order valence-electron chi connectivity index (χ0n) is 8.67. The van der Waals surface area contributed by atoms with Crippen molar-refractivity contribution in [3.05, 3.63) is 12.2 Å². The SMILES string of the molecule is CC(=O)OC1(C(C)C)C=CCCC1. The van der Waals surface area contributed by atoms with Gasteiger partial charge in [-0.2, -0.15) is 0 Å². The van der Waals surface area contributed by atoms with E-state index in [1.807, 2.05) is 0 Å². The van der Waals surface area contributed by atoms with E-state index >= 15 is 0 Å². The van der Waals surface area contributed by atoms with E-state index in [0.29, 0.717) is 5.92 Å². The van der Waals surface area contributed by atoms with Crippen LogP contribution in [0.25, 0.3) is 0 Å². The molecule has 1 rings (SSSR count). The fourth-order valence-electron chi connectivity index (χ4n) is 1.81. The Kier molecular flexibility index (Phi) is 3.12. The van der Waals surface area contributed by atoms with E-state index in [1.165, 1.54) is 6.92 Å². The summed E-state index contributed by atoms with van der Waals surface area (Å²) in [4.78, 5) is 11.0. The number of ether oxygens (including phenoxy) is 1. The number of hydrogen-bond donors (Lipinski definition) is 0. The Hall–Kier alpha value is -0.790. The molecule has 0 aromatic heterocycles. The molecule has 0 saturated heterocycles. The van der Waals surface area contributed by atoms with Gasteiger partial charge in [0.2, 0.25) is 0 Å². The van der Waals surface area contributed by atoms with Gasteiger partial charge in [-0.15, -0.1) is 0 Å². The molecule has 1 atom stereocenters. The Morgan fingerprint density at radius 1 is 1.54 bits per heavy atom. The van der Waals surface area contributed by atoms with Gasteiger partial charge in [0, 0.05) is 6.92 Å². The normalized spacial score (nSPS) is 27.7. The second-order valence-corrected chi connectivity index (χ2v) is 4.00. The van der Waals surface area contributed by atoms with E-state index in [9.17, 15) is 4.79 Å². The van der Waals surface area contributed by atoms with Crippen LogP contribution in [0, 0.1) is 5.92 Å². The molecule has 2 heteroatoms. The summed E-state index contributed by atoms with van der Waals surface area (Å²) in [6, 6.07) is 0. The minimum absolute atomic E-state index is 0.180. The van der Waals surface area contributed by atoms with Crippen LogP contribution in [0.5, 0.6) is 0 Å². The molecule has 2 nitrogen and oxygen atoms in total. The average Bonchev–Trinajstić information content (AvgIpc) is 2.04. The van der Waals surface area contributed by atoms with Crippen LogP contribution < -0.4 is 0 Å². The van der Waals surface area contributed by atoms with Crippen molar-refractivity contribution in [2.24, 2.45) is 5.92 Å². The molecule has 74 valence electrons. The molecule has 0 aliphatic heterocycles. The Bertz CT molecular complexity index is 218. The lowest BCUT2D eigenvalue weighted by Gasteiger charge is -2.36. The quantitative estimate of drug-likeness (QED) is 0.485. The minimum Gasteiger partial charge on any atom is -0.455 e. The lowest BCUT2D eigenvalue weighted by molar-refractivity contribution is -0.157. The van der Waals surface area contributed by atoms with Crippen molar-refractivity contribution >= 4 is 5.97 Å². The van der Waals surface area contributed by atoms with Crippen LogP contribution in [0.2, 0.25) is 0 Å². The Balaban J connectivity index is 2.79. The van der Waals surface area contributed by atoms with Gasteiger partial charge < -0.3 is 4.74 Å². The van der Waals surface area contributed by atoms with Gasteiger partial charge in [-0.3, -0.25) is 4.79 Å². The number of hydrogen-bond acceptors (Lipinski definition) is 2. The first-order valence-corrected chi connectivity index (χ1v) is 4.94. The van der Waals surface area contributed by atoms with Crippen LogP contribution in [0.1, 0.15) is 40.0 Å². The van der Waals surface area contributed by atoms with Crippen molar-refractivity contribution in [1.29, 1.82) is 0 Å². The monoisotopic (exact) mass is 182 g/mol. The van der Waals surface area contributed by atoms with E-state index in [2.05, 4.69) is 26.0 Å². The molecule has 0 aromatic rings. The van der Waals surface area contributed by atoms with Crippen molar-refractivity contribution in [3.8, 4) is 0 Å². The van der Waals surface area contributed by atoms with Crippen LogP contribution >= 0.6 is 0 Å². The first kappa shape index (κ1) is 10.3. The lowest BCUT2D eigenvalue weighted by atomic mass is 9.81. The standard InChI is InChI=1S/C11H18O2/c1-9(2)11(13-10(3)12)7-5-4-6-8-11/h5,7,9H,4,6,8H2,1-3H3. The molecule has 0 fully saturated rings. The molecule has 0 saturated carbocycles. The van der Waals surface area contributed by atoms with E-state index < -0.39 is 0 Å². The van der Waals surface area contributed by atoms with Crippen molar-refractivity contribution in [2.75, 3.05) is 0 Å². The predicted molar refractivity (Wildman–Crippen MR) is 52.3 cm³/mol. The van der Waals surface area contributed by atoms with Gasteiger partial charge >= 0.3 is 5.97 Å². The van der Waals surface area contributed by atoms with Crippen LogP contribution in [-0.2, 0) is 9.53 Å². The second-order valence-electron chi connectivity index (χ2n) is 4.00. The number of esters is 1. The molecule has 0 aromatic carbocycles. The van der Waals surface area contributed by atoms with Crippen LogP contribution in [-0.4, -0.2) is 11.6 Å². The molecule has 0 amide bonds. The summed E-state index contributed by atoms with van der Waals surface area (Å²) in [6.07, 6.45) is 7.35. The van der Waals surface area contributed by atoms with Crippen LogP contribution in [0.4, 0.5) is 0 Å². The van der Waals surface area contributed by atoms with Gasteiger partial charge in [-0.05, 0) is 31.3 Å². The third-order valence-electron chi connectivity index (χ3n) is 2.65. The Morgan fingerprint density at radius 3 is 2.62 bits per heavy atom. The summed E-state index contributed by atoms with van der Waals surface area (Å²) in [7, 11) is 0. The molecular formula is C11H18O2. The molecule has 1 aliphatic carbocycles. The molecule has 1 aliphatic rings. The molecule has 0 heterocycles. The number of carbonyl (C=O) groups excluding carboxylic acids is 1. The van der Waals surface area contributed by atoms with Gasteiger partial charge in [0.05, 0.1) is 0 Å². The lowest BCUT2D eigenvalue weighted by Crippen LogP contribution is -2.39. The zero-order chi connectivity index (χ0) is 9.90. The largest absolute Gasteiger partial charge is 0.455 e. The van der Waals surface area contributed by atoms with Gasteiger partial charge in [0.25, 0.3) is 0 Å². The van der Waals surface area contributed by atoms with E-state index in [0.717, 1.165) is 19.3 Å². The Morgan fingerprint density at radius 2 is 2.23 bits per heavy atom. The van der Waals surface area contributed by atoms with Gasteiger partial charge in [-0.25, -0.2) is 0 Å². The number of carbonyl (C=O) groups is 1. The van der Waals surface area contributed by atoms with E-state index in [-0.39, 0.29) is 11.6 Å². The third-order valence-corrected chi connectivity index (χ3v) is 2.65. The van der Waals surface area contributed by atoms with E-state index in [1.54, 1.807) is 0 Å². The average molecular weight is 182 g/mol. The summed E-state index contributed by atoms with van der Waals surface area (Å²) in [6.45, 7) is 5.67. The van der Waals surface area contributed by atoms with Crippen molar-refractivity contribution < 1.29 is 9.53 Å². The fraction of sp³-hybridized carbons (Fsp3) is 0.727. The maximum atomic E-state index is 11.0. The minimum atomic E-state index is -0.329. The highest BCUT2D eigenvalue weighted by Gasteiger charge is 2.35. The highest BCUT2D eigenvalue weighted by molar-refractivity contribution is 5.67. The predicted octanol–water partition coefficient (Wildman–Crippen LogP) is 2.68. The van der Waals surface area contributed by atoms with Gasteiger partial charge in [0.1, 0.15) is 5.60 Å². The first-order chi connectivity index (χ1) is 6.07. The summed E-state index contributed by atoms with van der Waals surface area (Å²) in [5.41, 5.74) is -0.329. The number of allylic oxidation sites excluding steroid dienone is 1. The molecule has 0 spiro atoms. The highest BCUT2D eigenvalue weighted by Crippen LogP contribution is 2.33. The number of rotatable bonds is 2. The smallest absolute Gasteiger partial charge is 0.303 e. The van der Waals surface area contributed by atoms with Crippen LogP contribution in [0.15, 0.2) is 12.2 Å². The Labute approximate surface area is 80.0 Å². The van der Waals surface area contributed by atoms with Crippen molar-refractivity contribution in [3.63, 3.8) is 0 Å². The summed E-state index contributed by atoms with van der Waals surface area (Å²) in [5, 5.41) is 0. The molecular weight excluding hydrogens is 164 g/mol. The second kappa shape index (κ2) is 3.95. The summed E-state index contributed by atoms with van der Waals surface area (Å²) >= 11 is 0. The van der Waals surface area contributed by atoms with Gasteiger partial charge in [0.15, 0.2) is 0 Å². The van der Waals surface area contributed by atoms with Gasteiger partial charge in [-0.1, -0.05) is 19.9 Å². The molecule has 0 N–H and O–H groups in total. The summed E-state index contributed by atoms with van der Waals surface area (Å²) < 4.78 is 5.41. The molecule has 0 bridgehead atoms. The third kappa shape index (κ3) is 2.33. The topological polar surface area (TPSA) is 26.3 Å². The van der Waals surface area contributed by atoms with Crippen molar-refractivity contribution in [2.45, 2.75) is 45.6 Å². The zero-order valence-corrected chi connectivity index (χ0v) is 8.67. The van der Waals surface area contributed by atoms with Crippen LogP contribution in [0.3, 0.4) is 0 Å². The van der Waals surface area contributed by atoms with E-state index in [4.69, 9.17) is 4.74 Å².